The molecule has 2 amide bonds. The molecule has 0 aromatic heterocycles. The van der Waals surface area contributed by atoms with E-state index in [0.29, 0.717) is 12.1 Å². The second kappa shape index (κ2) is 6.18. The van der Waals surface area contributed by atoms with Gasteiger partial charge >= 0.3 is 6.03 Å². The number of amides is 2. The van der Waals surface area contributed by atoms with E-state index in [4.69, 9.17) is 0 Å². The van der Waals surface area contributed by atoms with Gasteiger partial charge in [0.1, 0.15) is 0 Å². The molecule has 0 heterocycles. The van der Waals surface area contributed by atoms with Gasteiger partial charge in [-0.2, -0.15) is 11.8 Å². The van der Waals surface area contributed by atoms with Crippen LogP contribution < -0.4 is 5.32 Å². The minimum Gasteiger partial charge on any atom is -0.335 e. The van der Waals surface area contributed by atoms with Crippen LogP contribution in [-0.4, -0.2) is 41.1 Å². The van der Waals surface area contributed by atoms with Gasteiger partial charge in [-0.25, -0.2) is 4.79 Å². The summed E-state index contributed by atoms with van der Waals surface area (Å²) in [7, 11) is 1.94. The Bertz CT molecular complexity index is 294. The van der Waals surface area contributed by atoms with Crippen LogP contribution in [0.15, 0.2) is 0 Å². The van der Waals surface area contributed by atoms with Crippen LogP contribution in [0.5, 0.6) is 0 Å². The van der Waals surface area contributed by atoms with Gasteiger partial charge < -0.3 is 10.2 Å². The van der Waals surface area contributed by atoms with Crippen LogP contribution in [0, 0.1) is 5.92 Å². The number of urea groups is 1. The molecule has 0 saturated heterocycles. The van der Waals surface area contributed by atoms with Crippen molar-refractivity contribution < 1.29 is 4.79 Å². The van der Waals surface area contributed by atoms with Gasteiger partial charge in [-0.1, -0.05) is 6.92 Å². The normalized spacial score (nSPS) is 29.1. The van der Waals surface area contributed by atoms with Crippen LogP contribution in [0.1, 0.15) is 46.0 Å². The SMILES string of the molecule is CCS[C@@H]1CC[C@H](NC(=O)N(C)[C@H](C)C2CC2)C1. The third kappa shape index (κ3) is 3.56. The van der Waals surface area contributed by atoms with Crippen LogP contribution in [-0.2, 0) is 0 Å². The molecule has 2 aliphatic rings. The van der Waals surface area contributed by atoms with Crippen LogP contribution >= 0.6 is 11.8 Å². The maximum Gasteiger partial charge on any atom is 0.317 e. The quantitative estimate of drug-likeness (QED) is 0.832. The number of carbonyl (C=O) groups is 1. The van der Waals surface area contributed by atoms with Crippen molar-refractivity contribution in [1.82, 2.24) is 10.2 Å². The zero-order valence-electron chi connectivity index (χ0n) is 11.8. The molecule has 4 heteroatoms. The molecule has 2 rings (SSSR count). The Hall–Kier alpha value is -0.380. The van der Waals surface area contributed by atoms with Crippen molar-refractivity contribution in [2.75, 3.05) is 12.8 Å². The third-order valence-corrected chi connectivity index (χ3v) is 5.58. The zero-order valence-corrected chi connectivity index (χ0v) is 12.6. The Labute approximate surface area is 115 Å². The second-order valence-corrected chi connectivity index (χ2v) is 7.30. The minimum absolute atomic E-state index is 0.126. The molecule has 0 unspecified atom stereocenters. The fourth-order valence-electron chi connectivity index (χ4n) is 2.81. The molecule has 0 radical (unpaired) electrons. The fraction of sp³-hybridized carbons (Fsp3) is 0.929. The van der Waals surface area contributed by atoms with E-state index in [0.717, 1.165) is 24.0 Å². The molecule has 3 atom stereocenters. The van der Waals surface area contributed by atoms with Gasteiger partial charge in [0.25, 0.3) is 0 Å². The van der Waals surface area contributed by atoms with Crippen LogP contribution in [0.4, 0.5) is 4.79 Å². The predicted molar refractivity (Wildman–Crippen MR) is 78.0 cm³/mol. The van der Waals surface area contributed by atoms with Gasteiger partial charge in [0.05, 0.1) is 0 Å². The predicted octanol–water partition coefficient (Wildman–Crippen LogP) is 3.10. The summed E-state index contributed by atoms with van der Waals surface area (Å²) in [5.41, 5.74) is 0. The number of nitrogens with zero attached hydrogens (tertiary/aromatic N) is 1. The lowest BCUT2D eigenvalue weighted by Gasteiger charge is -2.27. The standard InChI is InChI=1S/C14H26N2OS/c1-4-18-13-8-7-12(9-13)15-14(17)16(3)10(2)11-5-6-11/h10-13H,4-9H2,1-3H3,(H,15,17)/t10-,12+,13-/m1/s1. The first-order chi connectivity index (χ1) is 8.61. The van der Waals surface area contributed by atoms with Crippen LogP contribution in [0.2, 0.25) is 0 Å². The zero-order chi connectivity index (χ0) is 13.1. The summed E-state index contributed by atoms with van der Waals surface area (Å²) < 4.78 is 0. The van der Waals surface area contributed by atoms with Crippen LogP contribution in [0.25, 0.3) is 0 Å². The highest BCUT2D eigenvalue weighted by atomic mass is 32.2. The largest absolute Gasteiger partial charge is 0.335 e. The summed E-state index contributed by atoms with van der Waals surface area (Å²) in [6.07, 6.45) is 6.13. The van der Waals surface area contributed by atoms with Gasteiger partial charge in [0.2, 0.25) is 0 Å². The van der Waals surface area contributed by atoms with E-state index in [2.05, 4.69) is 19.2 Å². The lowest BCUT2D eigenvalue weighted by molar-refractivity contribution is 0.184. The van der Waals surface area contributed by atoms with E-state index in [1.165, 1.54) is 25.0 Å². The Kier molecular flexibility index (Phi) is 4.82. The molecule has 2 saturated carbocycles. The lowest BCUT2D eigenvalue weighted by atomic mass is 10.2. The van der Waals surface area contributed by atoms with Gasteiger partial charge in [-0.05, 0) is 50.7 Å². The van der Waals surface area contributed by atoms with Crippen LogP contribution in [0.3, 0.4) is 0 Å². The van der Waals surface area contributed by atoms with Gasteiger partial charge in [-0.15, -0.1) is 0 Å². The molecule has 18 heavy (non-hydrogen) atoms. The summed E-state index contributed by atoms with van der Waals surface area (Å²) in [5.74, 6) is 1.93. The molecule has 1 N–H and O–H groups in total. The van der Waals surface area contributed by atoms with E-state index in [1.54, 1.807) is 0 Å². The van der Waals surface area contributed by atoms with Gasteiger partial charge in [-0.3, -0.25) is 0 Å². The minimum atomic E-state index is 0.126. The fourth-order valence-corrected chi connectivity index (χ4v) is 3.96. The highest BCUT2D eigenvalue weighted by Gasteiger charge is 2.33. The molecule has 2 aliphatic carbocycles. The van der Waals surface area contributed by atoms with Crippen molar-refractivity contribution in [3.05, 3.63) is 0 Å². The first-order valence-electron chi connectivity index (χ1n) is 7.26. The monoisotopic (exact) mass is 270 g/mol. The highest BCUT2D eigenvalue weighted by molar-refractivity contribution is 7.99. The molecule has 0 aliphatic heterocycles. The Morgan fingerprint density at radius 1 is 1.39 bits per heavy atom. The Balaban J connectivity index is 1.73. The lowest BCUT2D eigenvalue weighted by Crippen LogP contribution is -2.46. The van der Waals surface area contributed by atoms with Crippen molar-refractivity contribution >= 4 is 17.8 Å². The second-order valence-electron chi connectivity index (χ2n) is 5.73. The maximum absolute atomic E-state index is 12.1. The maximum atomic E-state index is 12.1. The summed E-state index contributed by atoms with van der Waals surface area (Å²) in [6.45, 7) is 4.38. The van der Waals surface area contributed by atoms with E-state index in [1.807, 2.05) is 23.7 Å². The summed E-state index contributed by atoms with van der Waals surface area (Å²) in [6, 6.07) is 0.921. The van der Waals surface area contributed by atoms with Crippen molar-refractivity contribution in [1.29, 1.82) is 0 Å². The van der Waals surface area contributed by atoms with E-state index in [-0.39, 0.29) is 6.03 Å². The number of carbonyl (C=O) groups excluding carboxylic acids is 1. The Morgan fingerprint density at radius 3 is 2.72 bits per heavy atom. The van der Waals surface area contributed by atoms with E-state index in [9.17, 15) is 4.79 Å². The van der Waals surface area contributed by atoms with Crippen molar-refractivity contribution in [2.24, 2.45) is 5.92 Å². The van der Waals surface area contributed by atoms with E-state index >= 15 is 0 Å². The molecular weight excluding hydrogens is 244 g/mol. The third-order valence-electron chi connectivity index (χ3n) is 4.35. The van der Waals surface area contributed by atoms with Gasteiger partial charge in [0, 0.05) is 24.4 Å². The van der Waals surface area contributed by atoms with Crippen molar-refractivity contribution in [3.63, 3.8) is 0 Å². The molecule has 2 fully saturated rings. The Morgan fingerprint density at radius 2 is 2.11 bits per heavy atom. The van der Waals surface area contributed by atoms with E-state index < -0.39 is 0 Å². The molecule has 0 aromatic rings. The first-order valence-corrected chi connectivity index (χ1v) is 8.31. The molecule has 3 nitrogen and oxygen atoms in total. The molecular formula is C14H26N2OS. The molecule has 104 valence electrons. The summed E-state index contributed by atoms with van der Waals surface area (Å²) in [5, 5.41) is 3.96. The first kappa shape index (κ1) is 14.0. The van der Waals surface area contributed by atoms with Crippen molar-refractivity contribution in [2.45, 2.75) is 63.3 Å². The highest BCUT2D eigenvalue weighted by Crippen LogP contribution is 2.35. The smallest absolute Gasteiger partial charge is 0.317 e. The molecule has 0 spiro atoms. The topological polar surface area (TPSA) is 32.3 Å². The number of rotatable bonds is 5. The average Bonchev–Trinajstić information content (AvgIpc) is 3.11. The number of hydrogen-bond donors (Lipinski definition) is 1. The summed E-state index contributed by atoms with van der Waals surface area (Å²) >= 11 is 2.03. The summed E-state index contributed by atoms with van der Waals surface area (Å²) in [4.78, 5) is 14.0. The molecule has 0 aromatic carbocycles. The van der Waals surface area contributed by atoms with Crippen molar-refractivity contribution in [3.8, 4) is 0 Å². The number of thioether (sulfide) groups is 1. The number of hydrogen-bond acceptors (Lipinski definition) is 2. The molecule has 0 bridgehead atoms. The van der Waals surface area contributed by atoms with Gasteiger partial charge in [0.15, 0.2) is 0 Å². The number of nitrogens with one attached hydrogen (secondary N) is 1. The average molecular weight is 270 g/mol.